The molecule has 3 heteroatoms. The highest BCUT2D eigenvalue weighted by Gasteiger charge is 2.38. The number of epoxide rings is 1. The van der Waals surface area contributed by atoms with Crippen LogP contribution in [0.25, 0.3) is 0 Å². The van der Waals surface area contributed by atoms with E-state index in [9.17, 15) is 4.79 Å². The molecule has 134 valence electrons. The molecule has 23 heavy (non-hydrogen) atoms. The van der Waals surface area contributed by atoms with Crippen LogP contribution < -0.4 is 0 Å². The normalized spacial score (nSPS) is 21.7. The Morgan fingerprint density at radius 1 is 1.04 bits per heavy atom. The summed E-state index contributed by atoms with van der Waals surface area (Å²) in [7, 11) is 0. The van der Waals surface area contributed by atoms with Gasteiger partial charge in [-0.1, -0.05) is 83.8 Å². The first kappa shape index (κ1) is 20.2. The molecule has 1 rings (SSSR count). The summed E-state index contributed by atoms with van der Waals surface area (Å²) in [6.45, 7) is 4.01. The summed E-state index contributed by atoms with van der Waals surface area (Å²) in [4.78, 5) is 10.8. The lowest BCUT2D eigenvalue weighted by atomic mass is 10.0. The number of allylic oxidation sites excluding steroid dienone is 1. The number of carbonyl (C=O) groups is 1. The zero-order chi connectivity index (χ0) is 16.9. The number of ether oxygens (including phenoxy) is 1. The Morgan fingerprint density at radius 2 is 1.61 bits per heavy atom. The minimum Gasteiger partial charge on any atom is -0.481 e. The van der Waals surface area contributed by atoms with Crippen molar-refractivity contribution >= 4 is 5.97 Å². The van der Waals surface area contributed by atoms with Gasteiger partial charge in [0, 0.05) is 0 Å². The minimum atomic E-state index is -0.728. The molecular formula is C20H36O3. The maximum Gasteiger partial charge on any atom is 0.306 e. The lowest BCUT2D eigenvalue weighted by molar-refractivity contribution is -0.141. The van der Waals surface area contributed by atoms with Crippen molar-refractivity contribution in [3.63, 3.8) is 0 Å². The molecule has 1 heterocycles. The van der Waals surface area contributed by atoms with Gasteiger partial charge in [-0.2, -0.15) is 0 Å². The molecule has 0 aromatic rings. The molecule has 0 aromatic heterocycles. The third-order valence-electron chi connectivity index (χ3n) is 4.68. The van der Waals surface area contributed by atoms with Gasteiger partial charge in [0.05, 0.1) is 12.0 Å². The molecule has 3 atom stereocenters. The van der Waals surface area contributed by atoms with Crippen LogP contribution in [0.2, 0.25) is 0 Å². The summed E-state index contributed by atoms with van der Waals surface area (Å²) < 4.78 is 5.49. The monoisotopic (exact) mass is 324 g/mol. The molecule has 0 saturated carbocycles. The second-order valence-corrected chi connectivity index (χ2v) is 7.01. The van der Waals surface area contributed by atoms with Gasteiger partial charge in [-0.3, -0.25) is 4.79 Å². The van der Waals surface area contributed by atoms with Crippen molar-refractivity contribution in [3.8, 4) is 0 Å². The van der Waals surface area contributed by atoms with Crippen molar-refractivity contribution in [2.24, 2.45) is 5.92 Å². The Kier molecular flexibility index (Phi) is 11.1. The SMILES string of the molecule is CCCCCCCCCCCCC=CC1OC1CC(C)C(=O)O. The van der Waals surface area contributed by atoms with Crippen LogP contribution in [0.5, 0.6) is 0 Å². The number of carboxylic acids is 1. The first-order valence-electron chi connectivity index (χ1n) is 9.70. The predicted octanol–water partition coefficient (Wildman–Crippen LogP) is 5.73. The number of rotatable bonds is 15. The van der Waals surface area contributed by atoms with Crippen LogP contribution in [0, 0.1) is 5.92 Å². The van der Waals surface area contributed by atoms with Crippen LogP contribution in [0.4, 0.5) is 0 Å². The van der Waals surface area contributed by atoms with Crippen LogP contribution in [0.15, 0.2) is 12.2 Å². The number of aliphatic carboxylic acids is 1. The first-order valence-corrected chi connectivity index (χ1v) is 9.70. The molecule has 1 N–H and O–H groups in total. The highest BCUT2D eigenvalue weighted by Crippen LogP contribution is 2.29. The van der Waals surface area contributed by atoms with E-state index >= 15 is 0 Å². The fourth-order valence-electron chi connectivity index (χ4n) is 2.94. The molecule has 1 saturated heterocycles. The standard InChI is InChI=1S/C20H36O3/c1-3-4-5-6-7-8-9-10-11-12-13-14-15-18-19(23-18)16-17(2)20(21)22/h14-15,17-19H,3-13,16H2,1-2H3,(H,21,22). The van der Waals surface area contributed by atoms with E-state index in [0.29, 0.717) is 6.42 Å². The van der Waals surface area contributed by atoms with Gasteiger partial charge in [-0.15, -0.1) is 0 Å². The third kappa shape index (κ3) is 10.5. The minimum absolute atomic E-state index is 0.130. The van der Waals surface area contributed by atoms with Crippen LogP contribution in [-0.4, -0.2) is 23.3 Å². The highest BCUT2D eigenvalue weighted by molar-refractivity contribution is 5.69. The lowest BCUT2D eigenvalue weighted by Gasteiger charge is -2.01. The molecule has 0 spiro atoms. The van der Waals surface area contributed by atoms with E-state index in [1.807, 2.05) is 0 Å². The van der Waals surface area contributed by atoms with Crippen LogP contribution in [0.1, 0.15) is 90.9 Å². The van der Waals surface area contributed by atoms with Crippen LogP contribution in [-0.2, 0) is 9.53 Å². The summed E-state index contributed by atoms with van der Waals surface area (Å²) in [6, 6.07) is 0. The molecule has 0 aromatic carbocycles. The Bertz CT molecular complexity index is 338. The van der Waals surface area contributed by atoms with Gasteiger partial charge < -0.3 is 9.84 Å². The molecule has 1 fully saturated rings. The van der Waals surface area contributed by atoms with Crippen LogP contribution in [0.3, 0.4) is 0 Å². The zero-order valence-corrected chi connectivity index (χ0v) is 15.1. The average molecular weight is 325 g/mol. The smallest absolute Gasteiger partial charge is 0.306 e. The number of unbranched alkanes of at least 4 members (excludes halogenated alkanes) is 10. The zero-order valence-electron chi connectivity index (χ0n) is 15.1. The molecule has 0 bridgehead atoms. The molecule has 3 unspecified atom stereocenters. The van der Waals surface area contributed by atoms with Gasteiger partial charge in [0.25, 0.3) is 0 Å². The van der Waals surface area contributed by atoms with E-state index in [2.05, 4.69) is 19.1 Å². The fraction of sp³-hybridized carbons (Fsp3) is 0.850. The fourth-order valence-corrected chi connectivity index (χ4v) is 2.94. The molecular weight excluding hydrogens is 288 g/mol. The second-order valence-electron chi connectivity index (χ2n) is 7.01. The van der Waals surface area contributed by atoms with E-state index in [0.717, 1.165) is 6.42 Å². The Labute approximate surface area is 142 Å². The van der Waals surface area contributed by atoms with Crippen molar-refractivity contribution in [1.29, 1.82) is 0 Å². The van der Waals surface area contributed by atoms with Gasteiger partial charge in [0.1, 0.15) is 6.10 Å². The first-order chi connectivity index (χ1) is 11.1. The van der Waals surface area contributed by atoms with Gasteiger partial charge >= 0.3 is 5.97 Å². The summed E-state index contributed by atoms with van der Waals surface area (Å²) in [6.07, 6.45) is 20.1. The summed E-state index contributed by atoms with van der Waals surface area (Å²) in [5, 5.41) is 8.86. The largest absolute Gasteiger partial charge is 0.481 e. The summed E-state index contributed by atoms with van der Waals surface area (Å²) >= 11 is 0. The maximum absolute atomic E-state index is 10.8. The molecule has 1 aliphatic heterocycles. The van der Waals surface area contributed by atoms with Crippen molar-refractivity contribution in [3.05, 3.63) is 12.2 Å². The van der Waals surface area contributed by atoms with Crippen molar-refractivity contribution in [1.82, 2.24) is 0 Å². The molecule has 0 radical (unpaired) electrons. The summed E-state index contributed by atoms with van der Waals surface area (Å²) in [5.41, 5.74) is 0. The number of carboxylic acid groups (broad SMARTS) is 1. The molecule has 1 aliphatic rings. The highest BCUT2D eigenvalue weighted by atomic mass is 16.6. The van der Waals surface area contributed by atoms with Crippen molar-refractivity contribution < 1.29 is 14.6 Å². The number of hydrogen-bond acceptors (Lipinski definition) is 2. The van der Waals surface area contributed by atoms with Crippen LogP contribution >= 0.6 is 0 Å². The van der Waals surface area contributed by atoms with E-state index in [1.54, 1.807) is 6.92 Å². The Balaban J connectivity index is 1.84. The van der Waals surface area contributed by atoms with Gasteiger partial charge in [-0.05, 0) is 19.3 Å². The number of hydrogen-bond donors (Lipinski definition) is 1. The van der Waals surface area contributed by atoms with E-state index in [1.165, 1.54) is 64.2 Å². The van der Waals surface area contributed by atoms with Crippen molar-refractivity contribution in [2.75, 3.05) is 0 Å². The molecule has 0 aliphatic carbocycles. The van der Waals surface area contributed by atoms with E-state index < -0.39 is 5.97 Å². The molecule has 3 nitrogen and oxygen atoms in total. The predicted molar refractivity (Wildman–Crippen MR) is 95.7 cm³/mol. The maximum atomic E-state index is 10.8. The topological polar surface area (TPSA) is 49.8 Å². The third-order valence-corrected chi connectivity index (χ3v) is 4.68. The molecule has 0 amide bonds. The summed E-state index contributed by atoms with van der Waals surface area (Å²) in [5.74, 6) is -1.03. The van der Waals surface area contributed by atoms with Gasteiger partial charge in [-0.25, -0.2) is 0 Å². The average Bonchev–Trinajstić information content (AvgIpc) is 3.26. The van der Waals surface area contributed by atoms with E-state index in [4.69, 9.17) is 9.84 Å². The van der Waals surface area contributed by atoms with Gasteiger partial charge in [0.15, 0.2) is 0 Å². The quantitative estimate of drug-likeness (QED) is 0.238. The van der Waals surface area contributed by atoms with Gasteiger partial charge in [0.2, 0.25) is 0 Å². The lowest BCUT2D eigenvalue weighted by Crippen LogP contribution is -2.12. The second kappa shape index (κ2) is 12.6. The Hall–Kier alpha value is -0.830. The Morgan fingerprint density at radius 3 is 2.17 bits per heavy atom. The van der Waals surface area contributed by atoms with Crippen molar-refractivity contribution in [2.45, 2.75) is 103 Å². The van der Waals surface area contributed by atoms with E-state index in [-0.39, 0.29) is 18.1 Å².